The van der Waals surface area contributed by atoms with Crippen LogP contribution in [0.1, 0.15) is 44.6 Å². The molecule has 24 heavy (non-hydrogen) atoms. The number of carbonyl (C=O) groups excluding carboxylic acids is 2. The molecule has 1 aromatic heterocycles. The Morgan fingerprint density at radius 2 is 1.83 bits per heavy atom. The molecule has 2 amide bonds. The molecule has 0 N–H and O–H groups in total. The van der Waals surface area contributed by atoms with E-state index in [9.17, 15) is 9.59 Å². The lowest BCUT2D eigenvalue weighted by molar-refractivity contribution is 0.0640. The second-order valence-electron chi connectivity index (χ2n) is 5.34. The molecule has 0 saturated carbocycles. The third-order valence-corrected chi connectivity index (χ3v) is 4.53. The van der Waals surface area contributed by atoms with Gasteiger partial charge in [0.1, 0.15) is 0 Å². The van der Waals surface area contributed by atoms with Crippen LogP contribution in [0.4, 0.5) is 0 Å². The van der Waals surface area contributed by atoms with Gasteiger partial charge in [-0.15, -0.1) is 0 Å². The number of benzene rings is 1. The van der Waals surface area contributed by atoms with Gasteiger partial charge in [0, 0.05) is 10.0 Å². The van der Waals surface area contributed by atoms with Crippen molar-refractivity contribution < 1.29 is 9.59 Å². The van der Waals surface area contributed by atoms with Gasteiger partial charge in [-0.3, -0.25) is 14.5 Å². The van der Waals surface area contributed by atoms with Crippen molar-refractivity contribution in [3.05, 3.63) is 75.5 Å². The Morgan fingerprint density at radius 1 is 1.21 bits per heavy atom. The molecule has 0 bridgehead atoms. The summed E-state index contributed by atoms with van der Waals surface area (Å²) in [6.07, 6.45) is 5.48. The highest BCUT2D eigenvalue weighted by molar-refractivity contribution is 9.10. The Morgan fingerprint density at radius 3 is 2.38 bits per heavy atom. The zero-order chi connectivity index (χ0) is 17.3. The average molecular weight is 383 g/mol. The summed E-state index contributed by atoms with van der Waals surface area (Å²) in [6, 6.07) is 8.74. The number of nitrogens with zero attached hydrogens (tertiary/aromatic N) is 2. The van der Waals surface area contributed by atoms with Gasteiger partial charge in [0.15, 0.2) is 0 Å². The van der Waals surface area contributed by atoms with Crippen molar-refractivity contribution in [2.45, 2.75) is 13.5 Å². The van der Waals surface area contributed by atoms with Crippen LogP contribution in [-0.2, 0) is 6.54 Å². The molecule has 0 aliphatic carbocycles. The average Bonchev–Trinajstić information content (AvgIpc) is 2.83. The van der Waals surface area contributed by atoms with Crippen LogP contribution in [-0.4, -0.2) is 21.7 Å². The molecule has 0 unspecified atom stereocenters. The SMILES string of the molecule is C=Cc1cc(Br)c(CN2C(=O)c3ccccc3C2=O)nc1/C=C\C. The van der Waals surface area contributed by atoms with Gasteiger partial charge in [-0.1, -0.05) is 30.9 Å². The van der Waals surface area contributed by atoms with Gasteiger partial charge >= 0.3 is 0 Å². The molecule has 4 nitrogen and oxygen atoms in total. The minimum Gasteiger partial charge on any atom is -0.269 e. The summed E-state index contributed by atoms with van der Waals surface area (Å²) >= 11 is 3.47. The third kappa shape index (κ3) is 2.71. The molecule has 1 aliphatic heterocycles. The summed E-state index contributed by atoms with van der Waals surface area (Å²) in [5, 5.41) is 0. The number of hydrogen-bond acceptors (Lipinski definition) is 3. The van der Waals surface area contributed by atoms with Crippen LogP contribution < -0.4 is 0 Å². The van der Waals surface area contributed by atoms with Crippen molar-refractivity contribution in [2.24, 2.45) is 0 Å². The first kappa shape index (κ1) is 16.3. The number of pyridine rings is 1. The van der Waals surface area contributed by atoms with Gasteiger partial charge in [0.2, 0.25) is 0 Å². The Kier molecular flexibility index (Phi) is 4.44. The van der Waals surface area contributed by atoms with E-state index in [-0.39, 0.29) is 18.4 Å². The quantitative estimate of drug-likeness (QED) is 0.739. The van der Waals surface area contributed by atoms with Crippen molar-refractivity contribution in [1.82, 2.24) is 9.88 Å². The molecule has 3 rings (SSSR count). The fourth-order valence-corrected chi connectivity index (χ4v) is 3.12. The second kappa shape index (κ2) is 6.53. The smallest absolute Gasteiger partial charge is 0.261 e. The highest BCUT2D eigenvalue weighted by atomic mass is 79.9. The fourth-order valence-electron chi connectivity index (χ4n) is 2.66. The number of hydrogen-bond donors (Lipinski definition) is 0. The molecule has 0 spiro atoms. The van der Waals surface area contributed by atoms with E-state index in [4.69, 9.17) is 0 Å². The Labute approximate surface area is 148 Å². The minimum atomic E-state index is -0.287. The molecule has 2 aromatic rings. The first-order valence-electron chi connectivity index (χ1n) is 7.46. The fraction of sp³-hybridized carbons (Fsp3) is 0.105. The van der Waals surface area contributed by atoms with Gasteiger partial charge in [-0.05, 0) is 47.1 Å². The second-order valence-corrected chi connectivity index (χ2v) is 6.19. The number of allylic oxidation sites excluding steroid dienone is 1. The monoisotopic (exact) mass is 382 g/mol. The van der Waals surface area contributed by atoms with Gasteiger partial charge in [-0.2, -0.15) is 0 Å². The number of aromatic nitrogens is 1. The first-order chi connectivity index (χ1) is 11.6. The van der Waals surface area contributed by atoms with Crippen LogP contribution in [0.5, 0.6) is 0 Å². The molecule has 1 aromatic carbocycles. The molecular formula is C19H15BrN2O2. The number of amides is 2. The summed E-state index contributed by atoms with van der Waals surface area (Å²) in [7, 11) is 0. The van der Waals surface area contributed by atoms with Gasteiger partial charge < -0.3 is 0 Å². The first-order valence-corrected chi connectivity index (χ1v) is 8.26. The largest absolute Gasteiger partial charge is 0.269 e. The van der Waals surface area contributed by atoms with E-state index >= 15 is 0 Å². The van der Waals surface area contributed by atoms with Crippen LogP contribution >= 0.6 is 15.9 Å². The van der Waals surface area contributed by atoms with Gasteiger partial charge in [0.25, 0.3) is 11.8 Å². The van der Waals surface area contributed by atoms with E-state index in [2.05, 4.69) is 27.5 Å². The van der Waals surface area contributed by atoms with E-state index in [1.807, 2.05) is 25.1 Å². The molecule has 0 fully saturated rings. The lowest BCUT2D eigenvalue weighted by Crippen LogP contribution is -2.29. The summed E-state index contributed by atoms with van der Waals surface area (Å²) in [5.41, 5.74) is 3.14. The summed E-state index contributed by atoms with van der Waals surface area (Å²) in [5.74, 6) is -0.575. The molecule has 120 valence electrons. The van der Waals surface area contributed by atoms with E-state index in [0.717, 1.165) is 15.7 Å². The maximum atomic E-state index is 12.5. The van der Waals surface area contributed by atoms with Crippen molar-refractivity contribution in [3.8, 4) is 0 Å². The molecule has 2 heterocycles. The van der Waals surface area contributed by atoms with Crippen molar-refractivity contribution in [1.29, 1.82) is 0 Å². The maximum absolute atomic E-state index is 12.5. The number of halogens is 1. The maximum Gasteiger partial charge on any atom is 0.261 e. The standard InChI is InChI=1S/C19H15BrN2O2/c1-3-7-16-12(4-2)10-15(20)17(21-16)11-22-18(23)13-8-5-6-9-14(13)19(22)24/h3-10H,2,11H2,1H3/b7-3-. The topological polar surface area (TPSA) is 50.3 Å². The van der Waals surface area contributed by atoms with Crippen LogP contribution in [0.2, 0.25) is 0 Å². The predicted molar refractivity (Wildman–Crippen MR) is 97.4 cm³/mol. The lowest BCUT2D eigenvalue weighted by atomic mass is 10.1. The van der Waals surface area contributed by atoms with Crippen LogP contribution in [0.3, 0.4) is 0 Å². The number of fused-ring (bicyclic) bond motifs is 1. The highest BCUT2D eigenvalue weighted by Gasteiger charge is 2.35. The van der Waals surface area contributed by atoms with E-state index in [1.165, 1.54) is 4.90 Å². The van der Waals surface area contributed by atoms with Gasteiger partial charge in [-0.25, -0.2) is 4.98 Å². The lowest BCUT2D eigenvalue weighted by Gasteiger charge is -2.15. The Balaban J connectivity index is 1.98. The van der Waals surface area contributed by atoms with Crippen LogP contribution in [0.15, 0.2) is 47.5 Å². The van der Waals surface area contributed by atoms with E-state index < -0.39 is 0 Å². The number of rotatable bonds is 4. The summed E-state index contributed by atoms with van der Waals surface area (Å²) in [4.78, 5) is 30.8. The summed E-state index contributed by atoms with van der Waals surface area (Å²) in [6.45, 7) is 5.81. The van der Waals surface area contributed by atoms with Crippen LogP contribution in [0.25, 0.3) is 12.2 Å². The van der Waals surface area contributed by atoms with E-state index in [0.29, 0.717) is 16.8 Å². The number of carbonyl (C=O) groups is 2. The van der Waals surface area contributed by atoms with Crippen molar-refractivity contribution in [2.75, 3.05) is 0 Å². The molecular weight excluding hydrogens is 368 g/mol. The molecule has 0 radical (unpaired) electrons. The van der Waals surface area contributed by atoms with Crippen molar-refractivity contribution in [3.63, 3.8) is 0 Å². The molecule has 0 atom stereocenters. The normalized spacial score (nSPS) is 13.7. The Bertz CT molecular complexity index is 852. The number of imide groups is 1. The van der Waals surface area contributed by atoms with Crippen LogP contribution in [0, 0.1) is 0 Å². The molecule has 5 heteroatoms. The zero-order valence-electron chi connectivity index (χ0n) is 13.1. The molecule has 0 saturated heterocycles. The highest BCUT2D eigenvalue weighted by Crippen LogP contribution is 2.27. The predicted octanol–water partition coefficient (Wildman–Crippen LogP) is 4.32. The van der Waals surface area contributed by atoms with Crippen molar-refractivity contribution >= 4 is 39.9 Å². The third-order valence-electron chi connectivity index (χ3n) is 3.84. The zero-order valence-corrected chi connectivity index (χ0v) is 14.7. The Hall–Kier alpha value is -2.53. The van der Waals surface area contributed by atoms with Gasteiger partial charge in [0.05, 0.1) is 29.1 Å². The van der Waals surface area contributed by atoms with E-state index in [1.54, 1.807) is 30.3 Å². The minimum absolute atomic E-state index is 0.120. The summed E-state index contributed by atoms with van der Waals surface area (Å²) < 4.78 is 0.738. The molecule has 1 aliphatic rings.